The van der Waals surface area contributed by atoms with Gasteiger partial charge in [-0.25, -0.2) is 4.79 Å². The lowest BCUT2D eigenvalue weighted by Crippen LogP contribution is -2.41. The van der Waals surface area contributed by atoms with E-state index in [4.69, 9.17) is 4.74 Å². The van der Waals surface area contributed by atoms with Gasteiger partial charge >= 0.3 is 13.2 Å². The summed E-state index contributed by atoms with van der Waals surface area (Å²) in [5.41, 5.74) is 2.14. The summed E-state index contributed by atoms with van der Waals surface area (Å²) in [7, 11) is -1.74. The Morgan fingerprint density at radius 3 is 2.24 bits per heavy atom. The maximum atomic E-state index is 12.4. The Bertz CT molecular complexity index is 698. The highest BCUT2D eigenvalue weighted by Crippen LogP contribution is 2.21. The average molecular weight is 289 g/mol. The van der Waals surface area contributed by atoms with E-state index in [0.717, 1.165) is 16.5 Å². The molecule has 0 aliphatic carbocycles. The average Bonchev–Trinajstić information content (AvgIpc) is 2.66. The minimum absolute atomic E-state index is 0.101. The van der Waals surface area contributed by atoms with Crippen molar-refractivity contribution >= 4 is 29.7 Å². The molecule has 112 valence electrons. The number of benzene rings is 1. The molecule has 0 unspecified atom stereocenters. The second-order valence-corrected chi connectivity index (χ2v) is 6.25. The van der Waals surface area contributed by atoms with E-state index in [-0.39, 0.29) is 5.59 Å². The van der Waals surface area contributed by atoms with Crippen molar-refractivity contribution in [2.24, 2.45) is 0 Å². The highest BCUT2D eigenvalue weighted by atomic mass is 16.6. The first-order valence-electron chi connectivity index (χ1n) is 6.82. The minimum atomic E-state index is -1.74. The number of carbonyl (C=O) groups is 1. The van der Waals surface area contributed by atoms with Crippen LogP contribution in [-0.4, -0.2) is 33.4 Å². The highest BCUT2D eigenvalue weighted by molar-refractivity contribution is 6.59. The standard InChI is InChI=1S/C15H20BNO4/c1-9-6-11-8-13(16(19)20)17(12(11)7-10(9)2)14(18)21-15(3,4)5/h6-8,19-20H,1-5H3. The Labute approximate surface area is 124 Å². The van der Waals surface area contributed by atoms with Crippen molar-refractivity contribution < 1.29 is 19.6 Å². The zero-order chi connectivity index (χ0) is 15.9. The van der Waals surface area contributed by atoms with E-state index < -0.39 is 18.8 Å². The van der Waals surface area contributed by atoms with Gasteiger partial charge in [-0.15, -0.1) is 0 Å². The zero-order valence-corrected chi connectivity index (χ0v) is 13.0. The first-order chi connectivity index (χ1) is 9.60. The van der Waals surface area contributed by atoms with Crippen LogP contribution in [0.4, 0.5) is 4.79 Å². The van der Waals surface area contributed by atoms with Crippen molar-refractivity contribution in [2.45, 2.75) is 40.2 Å². The van der Waals surface area contributed by atoms with Crippen LogP contribution < -0.4 is 5.59 Å². The molecule has 0 saturated heterocycles. The van der Waals surface area contributed by atoms with Gasteiger partial charge in [0.15, 0.2) is 0 Å². The number of ether oxygens (including phenoxy) is 1. The van der Waals surface area contributed by atoms with Crippen molar-refractivity contribution in [3.63, 3.8) is 0 Å². The molecule has 0 atom stereocenters. The molecule has 21 heavy (non-hydrogen) atoms. The lowest BCUT2D eigenvalue weighted by Gasteiger charge is -2.21. The molecule has 0 bridgehead atoms. The van der Waals surface area contributed by atoms with Gasteiger partial charge in [0.25, 0.3) is 0 Å². The monoisotopic (exact) mass is 289 g/mol. The van der Waals surface area contributed by atoms with Crippen LogP contribution >= 0.6 is 0 Å². The molecular weight excluding hydrogens is 269 g/mol. The fourth-order valence-electron chi connectivity index (χ4n) is 2.20. The SMILES string of the molecule is Cc1cc2cc(B(O)O)n(C(=O)OC(C)(C)C)c2cc1C. The maximum absolute atomic E-state index is 12.4. The fourth-order valence-corrected chi connectivity index (χ4v) is 2.20. The topological polar surface area (TPSA) is 71.7 Å². The predicted octanol–water partition coefficient (Wildman–Crippen LogP) is 1.72. The molecule has 0 saturated carbocycles. The number of rotatable bonds is 1. The van der Waals surface area contributed by atoms with Gasteiger partial charge in [-0.1, -0.05) is 0 Å². The first-order valence-corrected chi connectivity index (χ1v) is 6.82. The molecule has 0 radical (unpaired) electrons. The molecule has 1 aromatic carbocycles. The van der Waals surface area contributed by atoms with Crippen molar-refractivity contribution in [3.8, 4) is 0 Å². The summed E-state index contributed by atoms with van der Waals surface area (Å²) < 4.78 is 6.57. The predicted molar refractivity (Wildman–Crippen MR) is 82.9 cm³/mol. The summed E-state index contributed by atoms with van der Waals surface area (Å²) in [5, 5.41) is 19.8. The normalized spacial score (nSPS) is 11.8. The largest absolute Gasteiger partial charge is 0.506 e. The molecule has 0 aliphatic heterocycles. The number of nitrogens with zero attached hydrogens (tertiary/aromatic N) is 1. The fraction of sp³-hybridized carbons (Fsp3) is 0.400. The van der Waals surface area contributed by atoms with Gasteiger partial charge in [0.05, 0.1) is 11.1 Å². The van der Waals surface area contributed by atoms with Gasteiger partial charge in [-0.2, -0.15) is 0 Å². The molecule has 1 heterocycles. The zero-order valence-electron chi connectivity index (χ0n) is 13.0. The third-order valence-corrected chi connectivity index (χ3v) is 3.29. The van der Waals surface area contributed by atoms with Crippen LogP contribution in [0.5, 0.6) is 0 Å². The molecule has 6 heteroatoms. The van der Waals surface area contributed by atoms with Gasteiger partial charge in [0, 0.05) is 5.39 Å². The second-order valence-electron chi connectivity index (χ2n) is 6.25. The Kier molecular flexibility index (Phi) is 3.86. The van der Waals surface area contributed by atoms with E-state index in [1.165, 1.54) is 4.57 Å². The molecule has 2 rings (SSSR count). The number of aryl methyl sites for hydroxylation is 2. The van der Waals surface area contributed by atoms with E-state index in [1.807, 2.05) is 26.0 Å². The van der Waals surface area contributed by atoms with E-state index in [0.29, 0.717) is 5.52 Å². The van der Waals surface area contributed by atoms with E-state index in [9.17, 15) is 14.8 Å². The van der Waals surface area contributed by atoms with Crippen LogP contribution in [0.15, 0.2) is 18.2 Å². The summed E-state index contributed by atoms with van der Waals surface area (Å²) in [6.45, 7) is 9.20. The summed E-state index contributed by atoms with van der Waals surface area (Å²) >= 11 is 0. The molecule has 2 aromatic rings. The molecule has 2 N–H and O–H groups in total. The van der Waals surface area contributed by atoms with Gasteiger partial charge in [0.2, 0.25) is 0 Å². The van der Waals surface area contributed by atoms with Crippen LogP contribution in [0, 0.1) is 13.8 Å². The molecule has 0 fully saturated rings. The van der Waals surface area contributed by atoms with Crippen molar-refractivity contribution in [2.75, 3.05) is 0 Å². The Morgan fingerprint density at radius 2 is 1.71 bits per heavy atom. The molecule has 0 amide bonds. The third-order valence-electron chi connectivity index (χ3n) is 3.29. The Hall–Kier alpha value is -1.79. The first kappa shape index (κ1) is 15.6. The summed E-state index contributed by atoms with van der Waals surface area (Å²) in [6.07, 6.45) is -0.621. The summed E-state index contributed by atoms with van der Waals surface area (Å²) in [6, 6.07) is 5.36. The lowest BCUT2D eigenvalue weighted by molar-refractivity contribution is 0.0547. The number of hydrogen-bond donors (Lipinski definition) is 2. The quantitative estimate of drug-likeness (QED) is 0.784. The lowest BCUT2D eigenvalue weighted by atomic mass is 9.86. The van der Waals surface area contributed by atoms with Crippen LogP contribution in [-0.2, 0) is 4.74 Å². The smallest absolute Gasteiger partial charge is 0.443 e. The molecule has 0 aliphatic rings. The Morgan fingerprint density at radius 1 is 1.14 bits per heavy atom. The minimum Gasteiger partial charge on any atom is -0.443 e. The third kappa shape index (κ3) is 3.11. The molecule has 5 nitrogen and oxygen atoms in total. The van der Waals surface area contributed by atoms with Crippen molar-refractivity contribution in [1.29, 1.82) is 0 Å². The van der Waals surface area contributed by atoms with Gasteiger partial charge < -0.3 is 14.8 Å². The van der Waals surface area contributed by atoms with Crippen molar-refractivity contribution in [1.82, 2.24) is 4.57 Å². The molecule has 1 aromatic heterocycles. The van der Waals surface area contributed by atoms with E-state index in [1.54, 1.807) is 26.8 Å². The summed E-state index contributed by atoms with van der Waals surface area (Å²) in [5.74, 6) is 0. The van der Waals surface area contributed by atoms with E-state index >= 15 is 0 Å². The van der Waals surface area contributed by atoms with Crippen LogP contribution in [0.3, 0.4) is 0 Å². The molecular formula is C15H20BNO4. The Balaban J connectivity index is 2.66. The maximum Gasteiger partial charge on any atom is 0.506 e. The highest BCUT2D eigenvalue weighted by Gasteiger charge is 2.27. The number of fused-ring (bicyclic) bond motifs is 1. The second kappa shape index (κ2) is 5.20. The van der Waals surface area contributed by atoms with E-state index in [2.05, 4.69) is 0 Å². The van der Waals surface area contributed by atoms with Crippen LogP contribution in [0.25, 0.3) is 10.9 Å². The number of hydrogen-bond acceptors (Lipinski definition) is 4. The number of carbonyl (C=O) groups excluding carboxylic acids is 1. The van der Waals surface area contributed by atoms with Crippen LogP contribution in [0.2, 0.25) is 0 Å². The van der Waals surface area contributed by atoms with Crippen LogP contribution in [0.1, 0.15) is 31.9 Å². The van der Waals surface area contributed by atoms with Gasteiger partial charge in [-0.05, 0) is 63.9 Å². The van der Waals surface area contributed by atoms with Gasteiger partial charge in [0.1, 0.15) is 5.60 Å². The number of aromatic nitrogens is 1. The molecule has 0 spiro atoms. The van der Waals surface area contributed by atoms with Crippen molar-refractivity contribution in [3.05, 3.63) is 29.3 Å². The summed E-state index contributed by atoms with van der Waals surface area (Å²) in [4.78, 5) is 12.4. The van der Waals surface area contributed by atoms with Gasteiger partial charge in [-0.3, -0.25) is 4.57 Å².